The SMILES string of the molecule is COc1cccc(Cn2c(C)nn(-c3ccc(C4CNNC4)cc3)c2=O)c1F. The van der Waals surface area contributed by atoms with Gasteiger partial charge in [-0.05, 0) is 30.7 Å². The van der Waals surface area contributed by atoms with Crippen LogP contribution in [-0.4, -0.2) is 34.5 Å². The molecule has 1 fully saturated rings. The third-order valence-electron chi connectivity index (χ3n) is 5.07. The van der Waals surface area contributed by atoms with Gasteiger partial charge in [0, 0.05) is 24.6 Å². The molecule has 2 aromatic carbocycles. The summed E-state index contributed by atoms with van der Waals surface area (Å²) in [5, 5.41) is 4.36. The molecule has 3 aromatic rings. The van der Waals surface area contributed by atoms with E-state index in [9.17, 15) is 9.18 Å². The monoisotopic (exact) mass is 383 g/mol. The normalized spacial score (nSPS) is 14.5. The molecule has 4 rings (SSSR count). The maximum atomic E-state index is 14.5. The summed E-state index contributed by atoms with van der Waals surface area (Å²) >= 11 is 0. The van der Waals surface area contributed by atoms with Gasteiger partial charge < -0.3 is 4.74 Å². The van der Waals surface area contributed by atoms with Crippen molar-refractivity contribution in [3.63, 3.8) is 0 Å². The van der Waals surface area contributed by atoms with Gasteiger partial charge >= 0.3 is 5.69 Å². The third-order valence-corrected chi connectivity index (χ3v) is 5.07. The van der Waals surface area contributed by atoms with Gasteiger partial charge in [-0.1, -0.05) is 24.3 Å². The summed E-state index contributed by atoms with van der Waals surface area (Å²) in [6.07, 6.45) is 0. The summed E-state index contributed by atoms with van der Waals surface area (Å²) < 4.78 is 22.3. The maximum Gasteiger partial charge on any atom is 0.351 e. The zero-order chi connectivity index (χ0) is 19.7. The number of hydrogen-bond acceptors (Lipinski definition) is 5. The highest BCUT2D eigenvalue weighted by atomic mass is 19.1. The summed E-state index contributed by atoms with van der Waals surface area (Å²) in [4.78, 5) is 12.9. The molecule has 1 saturated heterocycles. The molecule has 0 saturated carbocycles. The van der Waals surface area contributed by atoms with Crippen LogP contribution in [0, 0.1) is 12.7 Å². The summed E-state index contributed by atoms with van der Waals surface area (Å²) in [7, 11) is 1.42. The van der Waals surface area contributed by atoms with Crippen LogP contribution < -0.4 is 21.3 Å². The lowest BCUT2D eigenvalue weighted by atomic mass is 10.0. The van der Waals surface area contributed by atoms with Crippen molar-refractivity contribution < 1.29 is 9.13 Å². The van der Waals surface area contributed by atoms with E-state index >= 15 is 0 Å². The van der Waals surface area contributed by atoms with Crippen molar-refractivity contribution in [2.24, 2.45) is 0 Å². The molecule has 1 aromatic heterocycles. The first kappa shape index (κ1) is 18.4. The number of benzene rings is 2. The van der Waals surface area contributed by atoms with Crippen LogP contribution in [0.15, 0.2) is 47.3 Å². The number of aryl methyl sites for hydroxylation is 1. The Kier molecular flexibility index (Phi) is 4.97. The Hall–Kier alpha value is -2.97. The van der Waals surface area contributed by atoms with Gasteiger partial charge in [-0.3, -0.25) is 15.4 Å². The molecule has 1 aliphatic heterocycles. The van der Waals surface area contributed by atoms with Crippen LogP contribution >= 0.6 is 0 Å². The van der Waals surface area contributed by atoms with Crippen LogP contribution in [0.3, 0.4) is 0 Å². The van der Waals surface area contributed by atoms with Gasteiger partial charge in [0.25, 0.3) is 0 Å². The molecule has 0 atom stereocenters. The molecular weight excluding hydrogens is 361 g/mol. The van der Waals surface area contributed by atoms with E-state index in [1.165, 1.54) is 21.9 Å². The van der Waals surface area contributed by atoms with E-state index in [1.807, 2.05) is 24.3 Å². The second-order valence-corrected chi connectivity index (χ2v) is 6.81. The predicted molar refractivity (Wildman–Crippen MR) is 103 cm³/mol. The molecule has 0 bridgehead atoms. The molecule has 0 amide bonds. The zero-order valence-electron chi connectivity index (χ0n) is 15.8. The first-order chi connectivity index (χ1) is 13.6. The van der Waals surface area contributed by atoms with Crippen molar-refractivity contribution in [3.8, 4) is 11.4 Å². The first-order valence-corrected chi connectivity index (χ1v) is 9.12. The third kappa shape index (κ3) is 3.32. The first-order valence-electron chi connectivity index (χ1n) is 9.12. The van der Waals surface area contributed by atoms with Crippen molar-refractivity contribution in [3.05, 3.63) is 75.7 Å². The highest BCUT2D eigenvalue weighted by molar-refractivity contribution is 5.36. The van der Waals surface area contributed by atoms with Crippen molar-refractivity contribution in [2.75, 3.05) is 20.2 Å². The number of methoxy groups -OCH3 is 1. The predicted octanol–water partition coefficient (Wildman–Crippen LogP) is 1.73. The van der Waals surface area contributed by atoms with Gasteiger partial charge in [-0.15, -0.1) is 0 Å². The van der Waals surface area contributed by atoms with Gasteiger partial charge in [0.05, 0.1) is 19.3 Å². The Morgan fingerprint density at radius 2 is 1.89 bits per heavy atom. The van der Waals surface area contributed by atoms with Crippen molar-refractivity contribution in [1.29, 1.82) is 0 Å². The van der Waals surface area contributed by atoms with E-state index < -0.39 is 5.82 Å². The summed E-state index contributed by atoms with van der Waals surface area (Å²) in [6.45, 7) is 3.57. The minimum atomic E-state index is -0.466. The maximum absolute atomic E-state index is 14.5. The molecule has 28 heavy (non-hydrogen) atoms. The average Bonchev–Trinajstić information content (AvgIpc) is 3.34. The van der Waals surface area contributed by atoms with E-state index in [0.717, 1.165) is 13.1 Å². The number of hydrazine groups is 1. The number of halogens is 1. The number of hydrogen-bond donors (Lipinski definition) is 2. The van der Waals surface area contributed by atoms with Gasteiger partial charge in [0.1, 0.15) is 5.82 Å². The van der Waals surface area contributed by atoms with E-state index in [1.54, 1.807) is 25.1 Å². The Labute approximate surface area is 161 Å². The number of nitrogens with one attached hydrogen (secondary N) is 2. The van der Waals surface area contributed by atoms with Gasteiger partial charge in [-0.2, -0.15) is 9.78 Å². The van der Waals surface area contributed by atoms with Crippen LogP contribution in [0.1, 0.15) is 22.9 Å². The summed E-state index contributed by atoms with van der Waals surface area (Å²) in [6, 6.07) is 12.7. The molecular formula is C20H22FN5O2. The number of ether oxygens (including phenoxy) is 1. The van der Waals surface area contributed by atoms with E-state index in [2.05, 4.69) is 16.0 Å². The highest BCUT2D eigenvalue weighted by Gasteiger charge is 2.18. The molecule has 0 aliphatic carbocycles. The fourth-order valence-corrected chi connectivity index (χ4v) is 3.44. The highest BCUT2D eigenvalue weighted by Crippen LogP contribution is 2.21. The minimum absolute atomic E-state index is 0.0885. The van der Waals surface area contributed by atoms with Crippen molar-refractivity contribution >= 4 is 0 Å². The number of nitrogens with zero attached hydrogens (tertiary/aromatic N) is 3. The molecule has 0 spiro atoms. The Balaban J connectivity index is 1.63. The van der Waals surface area contributed by atoms with Crippen LogP contribution in [-0.2, 0) is 6.54 Å². The largest absolute Gasteiger partial charge is 0.494 e. The lowest BCUT2D eigenvalue weighted by Gasteiger charge is -2.09. The second-order valence-electron chi connectivity index (χ2n) is 6.81. The number of aromatic nitrogens is 3. The molecule has 8 heteroatoms. The van der Waals surface area contributed by atoms with Crippen molar-refractivity contribution in [2.45, 2.75) is 19.4 Å². The molecule has 1 aliphatic rings. The lowest BCUT2D eigenvalue weighted by Crippen LogP contribution is -2.25. The summed E-state index contributed by atoms with van der Waals surface area (Å²) in [5.74, 6) is 0.607. The van der Waals surface area contributed by atoms with Crippen molar-refractivity contribution in [1.82, 2.24) is 25.2 Å². The molecule has 2 heterocycles. The van der Waals surface area contributed by atoms with E-state index in [-0.39, 0.29) is 18.0 Å². The van der Waals surface area contributed by atoms with Gasteiger partial charge in [0.15, 0.2) is 11.6 Å². The lowest BCUT2D eigenvalue weighted by molar-refractivity contribution is 0.383. The molecule has 146 valence electrons. The van der Waals surface area contributed by atoms with Gasteiger partial charge in [0.2, 0.25) is 0 Å². The number of rotatable bonds is 5. The Morgan fingerprint density at radius 3 is 2.57 bits per heavy atom. The molecule has 0 unspecified atom stereocenters. The van der Waals surface area contributed by atoms with Gasteiger partial charge in [-0.25, -0.2) is 9.18 Å². The van der Waals surface area contributed by atoms with Crippen LogP contribution in [0.25, 0.3) is 5.69 Å². The zero-order valence-corrected chi connectivity index (χ0v) is 15.8. The fourth-order valence-electron chi connectivity index (χ4n) is 3.44. The molecule has 2 N–H and O–H groups in total. The Bertz CT molecular complexity index is 1040. The summed E-state index contributed by atoms with van der Waals surface area (Å²) in [5.41, 5.74) is 8.17. The fraction of sp³-hybridized carbons (Fsp3) is 0.300. The standard InChI is InChI=1S/C20H22FN5O2/c1-13-24-26(17-8-6-14(7-9-17)16-10-22-23-11-16)20(27)25(13)12-15-4-3-5-18(28-2)19(15)21/h3-9,16,22-23H,10-12H2,1-2H3. The van der Waals surface area contributed by atoms with E-state index in [4.69, 9.17) is 4.74 Å². The second kappa shape index (κ2) is 7.57. The average molecular weight is 383 g/mol. The van der Waals surface area contributed by atoms with Crippen LogP contribution in [0.5, 0.6) is 5.75 Å². The van der Waals surface area contributed by atoms with Crippen LogP contribution in [0.4, 0.5) is 4.39 Å². The quantitative estimate of drug-likeness (QED) is 0.702. The Morgan fingerprint density at radius 1 is 1.18 bits per heavy atom. The topological polar surface area (TPSA) is 73.1 Å². The minimum Gasteiger partial charge on any atom is -0.494 e. The molecule has 7 nitrogen and oxygen atoms in total. The molecule has 0 radical (unpaired) electrons. The smallest absolute Gasteiger partial charge is 0.351 e. The van der Waals surface area contributed by atoms with Crippen LogP contribution in [0.2, 0.25) is 0 Å². The van der Waals surface area contributed by atoms with E-state index in [0.29, 0.717) is 23.0 Å².